The molecule has 198 valence electrons. The predicted molar refractivity (Wildman–Crippen MR) is 137 cm³/mol. The average molecular weight is 531 g/mol. The van der Waals surface area contributed by atoms with Gasteiger partial charge in [-0.25, -0.2) is 4.79 Å². The van der Waals surface area contributed by atoms with Gasteiger partial charge in [-0.05, 0) is 66.1 Å². The summed E-state index contributed by atoms with van der Waals surface area (Å²) in [6.45, 7) is 0.186. The highest BCUT2D eigenvalue weighted by Crippen LogP contribution is 2.45. The van der Waals surface area contributed by atoms with E-state index in [0.29, 0.717) is 12.8 Å². The molecule has 3 aromatic carbocycles. The van der Waals surface area contributed by atoms with Crippen molar-refractivity contribution in [1.29, 1.82) is 5.26 Å². The number of fused-ring (bicyclic) bond motifs is 5. The lowest BCUT2D eigenvalue weighted by Crippen LogP contribution is -2.48. The first-order chi connectivity index (χ1) is 18.8. The van der Waals surface area contributed by atoms with Crippen molar-refractivity contribution in [3.63, 3.8) is 0 Å². The predicted octanol–water partition coefficient (Wildman–Crippen LogP) is 6.95. The highest BCUT2D eigenvalue weighted by Gasteiger charge is 2.47. The number of ketones is 1. The summed E-state index contributed by atoms with van der Waals surface area (Å²) in [4.78, 5) is 28.3. The molecule has 2 heterocycles. The second-order valence-electron chi connectivity index (χ2n) is 10.5. The van der Waals surface area contributed by atoms with E-state index in [9.17, 15) is 22.8 Å². The molecule has 2 bridgehead atoms. The number of alkyl halides is 3. The molecule has 3 aliphatic rings. The summed E-state index contributed by atoms with van der Waals surface area (Å²) in [5.74, 6) is -1.29. The van der Waals surface area contributed by atoms with Crippen LogP contribution in [-0.2, 0) is 10.9 Å². The monoisotopic (exact) mass is 530 g/mol. The molecule has 2 aliphatic heterocycles. The molecule has 0 aromatic heterocycles. The van der Waals surface area contributed by atoms with E-state index < -0.39 is 35.1 Å². The van der Waals surface area contributed by atoms with Crippen molar-refractivity contribution in [3.8, 4) is 17.2 Å². The van der Waals surface area contributed by atoms with Crippen LogP contribution in [0.4, 0.5) is 18.0 Å². The molecule has 2 atom stereocenters. The van der Waals surface area contributed by atoms with Crippen LogP contribution in [0.3, 0.4) is 0 Å². The van der Waals surface area contributed by atoms with Crippen molar-refractivity contribution in [3.05, 3.63) is 94.5 Å². The van der Waals surface area contributed by atoms with Gasteiger partial charge in [0.1, 0.15) is 6.61 Å². The van der Waals surface area contributed by atoms with Crippen LogP contribution in [0.5, 0.6) is 0 Å². The van der Waals surface area contributed by atoms with Gasteiger partial charge in [0.2, 0.25) is 0 Å². The van der Waals surface area contributed by atoms with Gasteiger partial charge >= 0.3 is 12.3 Å². The molecule has 8 heteroatoms. The number of rotatable bonds is 4. The van der Waals surface area contributed by atoms with Gasteiger partial charge in [-0.15, -0.1) is 0 Å². The first kappa shape index (κ1) is 25.2. The molecule has 1 aliphatic carbocycles. The zero-order valence-electron chi connectivity index (χ0n) is 20.9. The van der Waals surface area contributed by atoms with Gasteiger partial charge in [-0.2, -0.15) is 18.4 Å². The number of halogens is 3. The lowest BCUT2D eigenvalue weighted by Gasteiger charge is -2.38. The van der Waals surface area contributed by atoms with E-state index in [-0.39, 0.29) is 43.0 Å². The smallest absolute Gasteiger partial charge is 0.417 e. The Morgan fingerprint density at radius 3 is 2.08 bits per heavy atom. The topological polar surface area (TPSA) is 70.4 Å². The number of hydrogen-bond donors (Lipinski definition) is 0. The molecule has 0 radical (unpaired) electrons. The largest absolute Gasteiger partial charge is 0.448 e. The number of Topliss-reactive ketones (excluding diaryl/α,β-unsaturated/α-hetero) is 1. The molecule has 0 saturated carbocycles. The maximum atomic E-state index is 13.7. The van der Waals surface area contributed by atoms with Gasteiger partial charge < -0.3 is 9.64 Å². The minimum absolute atomic E-state index is 0.0738. The van der Waals surface area contributed by atoms with E-state index in [4.69, 9.17) is 10.00 Å². The first-order valence-electron chi connectivity index (χ1n) is 13.0. The Bertz CT molecular complexity index is 1450. The number of carbonyl (C=O) groups excluding carboxylic acids is 2. The van der Waals surface area contributed by atoms with Gasteiger partial charge in [0.15, 0.2) is 5.78 Å². The Hall–Kier alpha value is -4.12. The second-order valence-corrected chi connectivity index (χ2v) is 10.5. The summed E-state index contributed by atoms with van der Waals surface area (Å²) >= 11 is 0. The number of hydrogen-bond acceptors (Lipinski definition) is 4. The van der Waals surface area contributed by atoms with Crippen molar-refractivity contribution >= 4 is 11.9 Å². The summed E-state index contributed by atoms with van der Waals surface area (Å²) in [6, 6.07) is 20.4. The number of ether oxygens (including phenoxy) is 1. The summed E-state index contributed by atoms with van der Waals surface area (Å²) in [6.07, 6.45) is -3.26. The Labute approximate surface area is 223 Å². The normalized spacial score (nSPS) is 21.7. The number of nitrogens with zero attached hydrogens (tertiary/aromatic N) is 2. The summed E-state index contributed by atoms with van der Waals surface area (Å²) in [5, 5.41) is 9.02. The summed E-state index contributed by atoms with van der Waals surface area (Å²) in [7, 11) is 0. The van der Waals surface area contributed by atoms with Crippen molar-refractivity contribution in [1.82, 2.24) is 4.90 Å². The Morgan fingerprint density at radius 2 is 1.51 bits per heavy atom. The fourth-order valence-corrected chi connectivity index (χ4v) is 6.64. The van der Waals surface area contributed by atoms with Crippen LogP contribution in [0.25, 0.3) is 11.1 Å². The van der Waals surface area contributed by atoms with Crippen molar-refractivity contribution in [2.45, 2.75) is 49.9 Å². The molecule has 6 rings (SSSR count). The zero-order chi connectivity index (χ0) is 27.3. The van der Waals surface area contributed by atoms with E-state index in [1.54, 1.807) is 11.0 Å². The Kier molecular flexibility index (Phi) is 6.17. The highest BCUT2D eigenvalue weighted by molar-refractivity contribution is 5.99. The van der Waals surface area contributed by atoms with Gasteiger partial charge in [-0.3, -0.25) is 4.79 Å². The molecule has 0 N–H and O–H groups in total. The number of piperidine rings is 1. The Morgan fingerprint density at radius 1 is 0.923 bits per heavy atom. The third kappa shape index (κ3) is 4.36. The van der Waals surface area contributed by atoms with Crippen LogP contribution in [0.2, 0.25) is 0 Å². The lowest BCUT2D eigenvalue weighted by molar-refractivity contribution is -0.138. The van der Waals surface area contributed by atoms with E-state index in [0.717, 1.165) is 34.4 Å². The number of carbonyl (C=O) groups is 2. The van der Waals surface area contributed by atoms with Crippen LogP contribution in [0.15, 0.2) is 66.7 Å². The Balaban J connectivity index is 1.16. The van der Waals surface area contributed by atoms with E-state index in [1.165, 1.54) is 6.07 Å². The van der Waals surface area contributed by atoms with Crippen LogP contribution in [-0.4, -0.2) is 35.5 Å². The third-order valence-corrected chi connectivity index (χ3v) is 8.37. The number of amides is 1. The van der Waals surface area contributed by atoms with Crippen molar-refractivity contribution < 1.29 is 27.5 Å². The van der Waals surface area contributed by atoms with Crippen LogP contribution >= 0.6 is 0 Å². The maximum Gasteiger partial charge on any atom is 0.417 e. The number of nitriles is 1. The van der Waals surface area contributed by atoms with Gasteiger partial charge in [0.05, 0.1) is 17.2 Å². The van der Waals surface area contributed by atoms with Crippen molar-refractivity contribution in [2.24, 2.45) is 5.92 Å². The minimum atomic E-state index is -4.75. The molecular formula is C31H25F3N2O3. The minimum Gasteiger partial charge on any atom is -0.448 e. The molecule has 0 spiro atoms. The third-order valence-electron chi connectivity index (χ3n) is 8.37. The number of benzene rings is 3. The van der Waals surface area contributed by atoms with Crippen LogP contribution < -0.4 is 0 Å². The second kappa shape index (κ2) is 9.57. The van der Waals surface area contributed by atoms with E-state index >= 15 is 0 Å². The average Bonchev–Trinajstić information content (AvgIpc) is 3.40. The summed E-state index contributed by atoms with van der Waals surface area (Å²) < 4.78 is 46.9. The zero-order valence-corrected chi connectivity index (χ0v) is 20.9. The molecular weight excluding hydrogens is 505 g/mol. The molecule has 5 nitrogen and oxygen atoms in total. The van der Waals surface area contributed by atoms with Gasteiger partial charge in [0.25, 0.3) is 0 Å². The fourth-order valence-electron chi connectivity index (χ4n) is 6.64. The molecule has 2 saturated heterocycles. The van der Waals surface area contributed by atoms with E-state index in [2.05, 4.69) is 12.1 Å². The first-order valence-corrected chi connectivity index (χ1v) is 13.0. The van der Waals surface area contributed by atoms with Gasteiger partial charge in [-0.1, -0.05) is 48.5 Å². The highest BCUT2D eigenvalue weighted by atomic mass is 19.4. The van der Waals surface area contributed by atoms with Crippen LogP contribution in [0.1, 0.15) is 64.2 Å². The standard InChI is InChI=1S/C31H25F3N2O3/c32-31(33,34)28-13-18(16-35)9-12-26(28)29(37)19-14-20-10-11-21(15-19)36(20)30(38)39-17-27-24-7-3-1-5-22(24)23-6-2-4-8-25(23)27/h1-9,12-13,19-21,27H,10-11,14-15,17H2. The van der Waals surface area contributed by atoms with Gasteiger partial charge in [0, 0.05) is 29.5 Å². The van der Waals surface area contributed by atoms with E-state index in [1.807, 2.05) is 36.4 Å². The summed E-state index contributed by atoms with van der Waals surface area (Å²) in [5.41, 5.74) is 2.84. The SMILES string of the molecule is N#Cc1ccc(C(=O)C2CC3CCC(C2)N3C(=O)OCC2c3ccccc3-c3ccccc32)c(C(F)(F)F)c1. The molecule has 2 unspecified atom stereocenters. The van der Waals surface area contributed by atoms with Crippen molar-refractivity contribution in [2.75, 3.05) is 6.61 Å². The maximum absolute atomic E-state index is 13.7. The van der Waals surface area contributed by atoms with Crippen LogP contribution in [0, 0.1) is 17.2 Å². The lowest BCUT2D eigenvalue weighted by atomic mass is 9.83. The quantitative estimate of drug-likeness (QED) is 0.342. The molecule has 2 fully saturated rings. The molecule has 1 amide bonds. The fraction of sp³-hybridized carbons (Fsp3) is 0.323. The molecule has 39 heavy (non-hydrogen) atoms. The molecule has 3 aromatic rings.